The number of amides is 2. The number of aromatic nitrogens is 3. The van der Waals surface area contributed by atoms with Crippen LogP contribution in [0.5, 0.6) is 0 Å². The van der Waals surface area contributed by atoms with E-state index < -0.39 is 47.0 Å². The number of carboxylic acids is 2. The largest absolute Gasteiger partial charge is 0.478 e. The van der Waals surface area contributed by atoms with E-state index in [-0.39, 0.29) is 39.2 Å². The Kier molecular flexibility index (Phi) is 8.92. The van der Waals surface area contributed by atoms with Crippen LogP contribution >= 0.6 is 34.7 Å². The second kappa shape index (κ2) is 12.5. The predicted octanol–water partition coefficient (Wildman–Crippen LogP) is 0.183. The highest BCUT2D eigenvalue weighted by molar-refractivity contribution is 8.00. The lowest BCUT2D eigenvalue weighted by atomic mass is 10.0. The molecule has 2 aliphatic heterocycles. The van der Waals surface area contributed by atoms with Crippen LogP contribution in [0, 0.1) is 0 Å². The van der Waals surface area contributed by atoms with Gasteiger partial charge in [0.15, 0.2) is 23.6 Å². The van der Waals surface area contributed by atoms with Crippen LogP contribution in [0.15, 0.2) is 40.8 Å². The molecule has 0 bridgehead atoms. The first kappa shape index (κ1) is 32.0. The number of pyridine rings is 1. The van der Waals surface area contributed by atoms with Crippen LogP contribution in [0.1, 0.15) is 19.5 Å². The van der Waals surface area contributed by atoms with Crippen molar-refractivity contribution in [3.05, 3.63) is 45.7 Å². The lowest BCUT2D eigenvalue weighted by Gasteiger charge is -2.49. The number of hydrogen-bond donors (Lipinski definition) is 6. The lowest BCUT2D eigenvalue weighted by molar-refractivity contribution is -0.663. The minimum Gasteiger partial charge on any atom is -0.478 e. The van der Waals surface area contributed by atoms with Crippen LogP contribution in [0.25, 0.3) is 11.0 Å². The number of fused-ring (bicyclic) bond motifs is 2. The number of oxime groups is 1. The van der Waals surface area contributed by atoms with Gasteiger partial charge < -0.3 is 42.1 Å². The minimum absolute atomic E-state index is 0.00974. The molecular formula is C26H29ClN9O7S2+. The molecule has 0 aromatic carbocycles. The van der Waals surface area contributed by atoms with Crippen molar-refractivity contribution in [2.75, 3.05) is 17.2 Å². The van der Waals surface area contributed by atoms with Gasteiger partial charge in [-0.2, -0.15) is 4.57 Å². The summed E-state index contributed by atoms with van der Waals surface area (Å²) in [6.07, 6.45) is 0.383. The summed E-state index contributed by atoms with van der Waals surface area (Å²) < 4.78 is 3.74. The second-order valence-electron chi connectivity index (χ2n) is 10.4. The van der Waals surface area contributed by atoms with Crippen LogP contribution in [-0.2, 0) is 37.1 Å². The van der Waals surface area contributed by atoms with Gasteiger partial charge in [-0.05, 0) is 19.9 Å². The standard InChI is InChI=1S/C26H28ClN9O7S2/c1-10(28)7-35-13-4-3-5-34(14(13)6-15(35)29)8-12-9-44-23-18(22(38)36(23)19(12)25(41)42)31-21(37)17(33-43-11(2)24(39)40)16-20(27)45-26(30)32-16/h3-6,10-11,18,23,29H,7-9,28H2,1-2H3,(H5,30,31,32,37,39,40,41,42)/p+1/b33-17-/t10-,11-,18?,23?/m0/s1. The summed E-state index contributed by atoms with van der Waals surface area (Å²) in [5, 5.41) is 24.8. The third-order valence-electron chi connectivity index (χ3n) is 7.04. The minimum atomic E-state index is -1.41. The number of anilines is 2. The monoisotopic (exact) mass is 678 g/mol. The zero-order chi connectivity index (χ0) is 32.7. The molecule has 0 radical (unpaired) electrons. The van der Waals surface area contributed by atoms with Gasteiger partial charge in [-0.25, -0.2) is 14.6 Å². The number of thioether (sulfide) groups is 1. The molecule has 5 heterocycles. The van der Waals surface area contributed by atoms with Crippen molar-refractivity contribution >= 4 is 86.1 Å². The third kappa shape index (κ3) is 6.13. The predicted molar refractivity (Wildman–Crippen MR) is 166 cm³/mol. The number of carbonyl (C=O) groups is 4. The number of hydrogen-bond acceptors (Lipinski definition) is 12. The number of halogens is 1. The van der Waals surface area contributed by atoms with Crippen LogP contribution in [0.2, 0.25) is 4.34 Å². The summed E-state index contributed by atoms with van der Waals surface area (Å²) in [7, 11) is 0. The number of thiazole rings is 1. The molecule has 9 N–H and O–H groups in total. The van der Waals surface area contributed by atoms with E-state index in [1.165, 1.54) is 18.7 Å². The van der Waals surface area contributed by atoms with Gasteiger partial charge in [0.25, 0.3) is 11.8 Å². The lowest BCUT2D eigenvalue weighted by Crippen LogP contribution is -2.71. The van der Waals surface area contributed by atoms with Crippen molar-refractivity contribution in [2.24, 2.45) is 10.9 Å². The summed E-state index contributed by atoms with van der Waals surface area (Å²) >= 11 is 8.30. The fourth-order valence-corrected chi connectivity index (χ4v) is 7.24. The molecule has 3 aromatic rings. The van der Waals surface area contributed by atoms with Crippen LogP contribution in [0.3, 0.4) is 0 Å². The van der Waals surface area contributed by atoms with Gasteiger partial charge in [0.1, 0.15) is 38.5 Å². The maximum absolute atomic E-state index is 13.3. The molecule has 2 unspecified atom stereocenters. The Balaban J connectivity index is 1.40. The molecule has 238 valence electrons. The quantitative estimate of drug-likeness (QED) is 0.0688. The highest BCUT2D eigenvalue weighted by atomic mass is 35.5. The number of aliphatic carboxylic acids is 2. The van der Waals surface area contributed by atoms with Crippen molar-refractivity contribution in [1.29, 1.82) is 0 Å². The van der Waals surface area contributed by atoms with Gasteiger partial charge in [0.2, 0.25) is 11.6 Å². The molecule has 1 saturated heterocycles. The van der Waals surface area contributed by atoms with E-state index in [1.807, 2.05) is 28.2 Å². The number of β-lactam (4-membered cyclic amide) rings is 1. The molecular weight excluding hydrogens is 650 g/mol. The highest BCUT2D eigenvalue weighted by Gasteiger charge is 2.55. The number of nitrogens with one attached hydrogen (secondary N) is 1. The number of carboxylic acid groups (broad SMARTS) is 2. The highest BCUT2D eigenvalue weighted by Crippen LogP contribution is 2.40. The summed E-state index contributed by atoms with van der Waals surface area (Å²) in [6, 6.07) is 4.24. The molecule has 2 aliphatic rings. The normalized spacial score (nSPS) is 19.6. The Hall–Kier alpha value is -4.39. The number of nitrogens with zero attached hydrogens (tertiary/aromatic N) is 5. The molecule has 2 amide bonds. The molecule has 5 rings (SSSR count). The Labute approximate surface area is 268 Å². The molecule has 0 aliphatic carbocycles. The Bertz CT molecular complexity index is 1790. The van der Waals surface area contributed by atoms with Gasteiger partial charge in [0.05, 0.1) is 6.07 Å². The van der Waals surface area contributed by atoms with E-state index in [9.17, 15) is 24.3 Å². The molecule has 19 heteroatoms. The second-order valence-corrected chi connectivity index (χ2v) is 13.1. The van der Waals surface area contributed by atoms with E-state index >= 15 is 0 Å². The average Bonchev–Trinajstić information content (AvgIpc) is 3.48. The van der Waals surface area contributed by atoms with Gasteiger partial charge in [-0.15, -0.1) is 11.8 Å². The summed E-state index contributed by atoms with van der Waals surface area (Å²) in [6.45, 7) is 3.73. The zero-order valence-corrected chi connectivity index (χ0v) is 26.2. The Morgan fingerprint density at radius 3 is 2.67 bits per heavy atom. The summed E-state index contributed by atoms with van der Waals surface area (Å²) in [5.41, 5.74) is 19.2. The fourth-order valence-electron chi connectivity index (χ4n) is 4.97. The molecule has 0 spiro atoms. The fraction of sp³-hybridized carbons (Fsp3) is 0.346. The molecule has 16 nitrogen and oxygen atoms in total. The number of rotatable bonds is 11. The zero-order valence-electron chi connectivity index (χ0n) is 23.8. The molecule has 1 fully saturated rings. The van der Waals surface area contributed by atoms with Crippen molar-refractivity contribution in [3.63, 3.8) is 0 Å². The van der Waals surface area contributed by atoms with Gasteiger partial charge >= 0.3 is 11.9 Å². The van der Waals surface area contributed by atoms with Crippen LogP contribution < -0.4 is 27.1 Å². The first-order chi connectivity index (χ1) is 21.3. The average molecular weight is 679 g/mol. The van der Waals surface area contributed by atoms with Gasteiger partial charge in [0, 0.05) is 30.0 Å². The van der Waals surface area contributed by atoms with E-state index in [1.54, 1.807) is 12.3 Å². The van der Waals surface area contributed by atoms with Crippen molar-refractivity contribution in [2.45, 2.75) is 50.5 Å². The van der Waals surface area contributed by atoms with Crippen LogP contribution in [0.4, 0.5) is 10.9 Å². The first-order valence-corrected chi connectivity index (χ1v) is 15.6. The molecule has 3 aromatic heterocycles. The topological polar surface area (TPSA) is 245 Å². The molecule has 4 atom stereocenters. The van der Waals surface area contributed by atoms with Gasteiger partial charge in [-0.1, -0.05) is 28.1 Å². The molecule has 0 saturated carbocycles. The maximum Gasteiger partial charge on any atom is 0.352 e. The number of nitrogens with two attached hydrogens (primary N) is 3. The van der Waals surface area contributed by atoms with Crippen molar-refractivity contribution < 1.29 is 38.8 Å². The Morgan fingerprint density at radius 2 is 2.04 bits per heavy atom. The van der Waals surface area contributed by atoms with Gasteiger partial charge in [-0.3, -0.25) is 14.5 Å². The van der Waals surface area contributed by atoms with Crippen molar-refractivity contribution in [3.8, 4) is 0 Å². The first-order valence-electron chi connectivity index (χ1n) is 13.4. The summed E-state index contributed by atoms with van der Waals surface area (Å²) in [5.74, 6) is -3.48. The smallest absolute Gasteiger partial charge is 0.352 e. The number of nitrogen functional groups attached to an aromatic ring is 2. The Morgan fingerprint density at radius 1 is 1.31 bits per heavy atom. The SMILES string of the molecule is C[C@H](N)Cn1c(N)cc2c1ccc[n+]2CC1=C(C(=O)O)N2C(=O)C(NC(=O)/C(=N\O[C@@H](C)C(=O)O)c3nc(N)sc3Cl)C2SC1. The number of carbonyl (C=O) groups excluding carboxylic acids is 2. The van der Waals surface area contributed by atoms with Crippen molar-refractivity contribution in [1.82, 2.24) is 19.8 Å². The maximum atomic E-state index is 13.3. The molecule has 45 heavy (non-hydrogen) atoms. The van der Waals surface area contributed by atoms with E-state index in [2.05, 4.69) is 15.5 Å². The van der Waals surface area contributed by atoms with E-state index in [4.69, 9.17) is 38.7 Å². The van der Waals surface area contributed by atoms with E-state index in [0.717, 1.165) is 27.3 Å². The van der Waals surface area contributed by atoms with E-state index in [0.29, 0.717) is 17.9 Å². The summed E-state index contributed by atoms with van der Waals surface area (Å²) in [4.78, 5) is 60.4. The van der Waals surface area contributed by atoms with Crippen LogP contribution in [-0.4, -0.2) is 83.4 Å². The third-order valence-corrected chi connectivity index (χ3v) is 9.46.